The normalized spacial score (nSPS) is 23.3. The highest BCUT2D eigenvalue weighted by molar-refractivity contribution is 7.03. The molecule has 0 bridgehead atoms. The molecule has 0 atom stereocenters. The minimum atomic E-state index is -1.20. The van der Waals surface area contributed by atoms with E-state index in [-0.39, 0.29) is 0 Å². The summed E-state index contributed by atoms with van der Waals surface area (Å²) in [7, 11) is 0.937. The topological polar surface area (TPSA) is 50.8 Å². The van der Waals surface area contributed by atoms with Crippen molar-refractivity contribution >= 4 is 14.4 Å². The molecule has 0 aliphatic carbocycles. The van der Waals surface area contributed by atoms with Crippen LogP contribution >= 0.6 is 0 Å². The smallest absolute Gasteiger partial charge is 0.439 e. The zero-order chi connectivity index (χ0) is 14.4. The molecule has 1 heterocycles. The van der Waals surface area contributed by atoms with Crippen LogP contribution in [0.5, 0.6) is 0 Å². The number of hydrogen-bond donors (Lipinski definition) is 0. The Morgan fingerprint density at radius 2 is 1.39 bits per heavy atom. The van der Waals surface area contributed by atoms with Gasteiger partial charge in [0.1, 0.15) is 0 Å². The Balaban J connectivity index is 2.58. The van der Waals surface area contributed by atoms with Crippen LogP contribution in [-0.2, 0) is 14.0 Å². The molecule has 0 aromatic carbocycles. The molecule has 103 valence electrons. The minimum absolute atomic E-state index is 0.394. The first-order valence-corrected chi connectivity index (χ1v) is 6.36. The SMILES string of the molecule is CC(C)([O-])C(C)(C)O[B]B1OC(C)(C)C(C)(C)O1. The molecule has 1 saturated heterocycles. The van der Waals surface area contributed by atoms with Crippen molar-refractivity contribution in [2.45, 2.75) is 77.8 Å². The lowest BCUT2D eigenvalue weighted by Crippen LogP contribution is -2.58. The first-order valence-electron chi connectivity index (χ1n) is 6.36. The monoisotopic (exact) mass is 254 g/mol. The first kappa shape index (κ1) is 16.0. The molecule has 6 heteroatoms. The van der Waals surface area contributed by atoms with Crippen molar-refractivity contribution in [2.24, 2.45) is 0 Å². The second kappa shape index (κ2) is 4.51. The zero-order valence-corrected chi connectivity index (χ0v) is 12.8. The first-order chi connectivity index (χ1) is 7.79. The summed E-state index contributed by atoms with van der Waals surface area (Å²) >= 11 is 0. The number of hydrogen-bond acceptors (Lipinski definition) is 4. The molecule has 0 N–H and O–H groups in total. The van der Waals surface area contributed by atoms with E-state index in [1.165, 1.54) is 7.37 Å². The fourth-order valence-corrected chi connectivity index (χ4v) is 1.31. The largest absolute Gasteiger partial charge is 0.848 e. The van der Waals surface area contributed by atoms with E-state index in [9.17, 15) is 5.11 Å². The zero-order valence-electron chi connectivity index (χ0n) is 12.8. The molecular weight excluding hydrogens is 230 g/mol. The third kappa shape index (κ3) is 3.10. The van der Waals surface area contributed by atoms with Gasteiger partial charge < -0.3 is 19.1 Å². The summed E-state index contributed by atoms with van der Waals surface area (Å²) in [5.74, 6) is 0. The summed E-state index contributed by atoms with van der Waals surface area (Å²) in [5.41, 5.74) is -2.81. The predicted molar refractivity (Wildman–Crippen MR) is 71.1 cm³/mol. The van der Waals surface area contributed by atoms with E-state index in [1.807, 2.05) is 27.7 Å². The average Bonchev–Trinajstić information content (AvgIpc) is 2.30. The number of rotatable bonds is 4. The summed E-state index contributed by atoms with van der Waals surface area (Å²) in [6.07, 6.45) is 0. The van der Waals surface area contributed by atoms with Gasteiger partial charge in [0.2, 0.25) is 0 Å². The second-order valence-electron chi connectivity index (χ2n) is 6.90. The maximum absolute atomic E-state index is 12.0. The Kier molecular flexibility index (Phi) is 4.02. The van der Waals surface area contributed by atoms with Crippen molar-refractivity contribution in [3.05, 3.63) is 0 Å². The highest BCUT2D eigenvalue weighted by Crippen LogP contribution is 2.36. The van der Waals surface area contributed by atoms with Crippen molar-refractivity contribution in [1.29, 1.82) is 0 Å². The molecule has 0 spiro atoms. The molecule has 0 aromatic heterocycles. The molecule has 1 aliphatic heterocycles. The van der Waals surface area contributed by atoms with E-state index in [0.29, 0.717) is 0 Å². The van der Waals surface area contributed by atoms with Crippen molar-refractivity contribution in [2.75, 3.05) is 0 Å². The van der Waals surface area contributed by atoms with Crippen LogP contribution in [0, 0.1) is 0 Å². The van der Waals surface area contributed by atoms with E-state index in [1.54, 1.807) is 27.7 Å². The average molecular weight is 254 g/mol. The van der Waals surface area contributed by atoms with Crippen LogP contribution in [0.15, 0.2) is 0 Å². The van der Waals surface area contributed by atoms with Gasteiger partial charge in [-0.3, -0.25) is 0 Å². The van der Waals surface area contributed by atoms with Gasteiger partial charge in [-0.25, -0.2) is 0 Å². The summed E-state index contributed by atoms with van der Waals surface area (Å²) in [5, 5.41) is 12.0. The van der Waals surface area contributed by atoms with Crippen LogP contribution in [-0.4, -0.2) is 36.8 Å². The van der Waals surface area contributed by atoms with E-state index >= 15 is 0 Å². The molecule has 1 rings (SSSR count). The lowest BCUT2D eigenvalue weighted by atomic mass is 9.55. The van der Waals surface area contributed by atoms with E-state index < -0.39 is 29.4 Å². The molecule has 18 heavy (non-hydrogen) atoms. The van der Waals surface area contributed by atoms with Crippen molar-refractivity contribution in [1.82, 2.24) is 0 Å². The van der Waals surface area contributed by atoms with Crippen LogP contribution in [0.2, 0.25) is 0 Å². The van der Waals surface area contributed by atoms with Gasteiger partial charge in [-0.1, -0.05) is 19.4 Å². The Morgan fingerprint density at radius 3 is 1.72 bits per heavy atom. The van der Waals surface area contributed by atoms with Gasteiger partial charge in [0.05, 0.1) is 11.2 Å². The van der Waals surface area contributed by atoms with Crippen molar-refractivity contribution < 1.29 is 19.1 Å². The molecule has 4 nitrogen and oxygen atoms in total. The molecule has 1 radical (unpaired) electrons. The highest BCUT2D eigenvalue weighted by Gasteiger charge is 2.51. The highest BCUT2D eigenvalue weighted by atomic mass is 16.7. The Bertz CT molecular complexity index is 292. The van der Waals surface area contributed by atoms with Crippen LogP contribution < -0.4 is 5.11 Å². The molecular formula is C12H24B2O4-. The molecule has 0 unspecified atom stereocenters. The van der Waals surface area contributed by atoms with Gasteiger partial charge in [0.15, 0.2) is 0 Å². The summed E-state index contributed by atoms with van der Waals surface area (Å²) < 4.78 is 17.1. The fourth-order valence-electron chi connectivity index (χ4n) is 1.31. The summed E-state index contributed by atoms with van der Waals surface area (Å²) in [4.78, 5) is 0. The lowest BCUT2D eigenvalue weighted by molar-refractivity contribution is -0.495. The fraction of sp³-hybridized carbons (Fsp3) is 1.00. The maximum Gasteiger partial charge on any atom is 0.439 e. The van der Waals surface area contributed by atoms with Gasteiger partial charge >= 0.3 is 14.4 Å². The van der Waals surface area contributed by atoms with Gasteiger partial charge in [0.25, 0.3) is 0 Å². The summed E-state index contributed by atoms with van der Waals surface area (Å²) in [6.45, 7) is 14.6. The molecule has 0 amide bonds. The van der Waals surface area contributed by atoms with Gasteiger partial charge in [-0.2, -0.15) is 0 Å². The van der Waals surface area contributed by atoms with Crippen LogP contribution in [0.25, 0.3) is 0 Å². The van der Waals surface area contributed by atoms with Crippen LogP contribution in [0.4, 0.5) is 0 Å². The third-order valence-electron chi connectivity index (χ3n) is 4.20. The van der Waals surface area contributed by atoms with Crippen molar-refractivity contribution in [3.63, 3.8) is 0 Å². The van der Waals surface area contributed by atoms with E-state index in [4.69, 9.17) is 14.0 Å². The van der Waals surface area contributed by atoms with Gasteiger partial charge in [-0.15, -0.1) is 0 Å². The molecule has 0 saturated carbocycles. The molecule has 1 fully saturated rings. The van der Waals surface area contributed by atoms with E-state index in [2.05, 4.69) is 0 Å². The second-order valence-corrected chi connectivity index (χ2v) is 6.90. The molecule has 0 aromatic rings. The Hall–Kier alpha value is -0.0301. The quantitative estimate of drug-likeness (QED) is 0.705. The predicted octanol–water partition coefficient (Wildman–Crippen LogP) is 1.13. The van der Waals surface area contributed by atoms with Crippen molar-refractivity contribution in [3.8, 4) is 0 Å². The van der Waals surface area contributed by atoms with Crippen LogP contribution in [0.1, 0.15) is 55.4 Å². The van der Waals surface area contributed by atoms with Crippen LogP contribution in [0.3, 0.4) is 0 Å². The lowest BCUT2D eigenvalue weighted by Gasteiger charge is -2.48. The minimum Gasteiger partial charge on any atom is -0.848 e. The summed E-state index contributed by atoms with van der Waals surface area (Å²) in [6, 6.07) is 0. The maximum atomic E-state index is 12.0. The van der Waals surface area contributed by atoms with Gasteiger partial charge in [0, 0.05) is 5.60 Å². The Morgan fingerprint density at radius 1 is 1.00 bits per heavy atom. The third-order valence-corrected chi connectivity index (χ3v) is 4.20. The van der Waals surface area contributed by atoms with Gasteiger partial charge in [-0.05, 0) is 41.5 Å². The Labute approximate surface area is 112 Å². The van der Waals surface area contributed by atoms with E-state index in [0.717, 1.165) is 0 Å². The standard InChI is InChI=1S/C12H24B2O4/c1-9(2,15)10(3,4)16-13-14-17-11(5,6)12(7,8)18-14/h1-8H3/q-1. The molecule has 1 aliphatic rings.